The standard InChI is InChI=1S/C44H63N11O10/c45-20-8-7-19-37(58)54-22-10-17-34(54)40(61)49-26-36(57)50-31(24-28-12-3-1-4-13-28)38(59)53-33(27-56)42(63)55-23-11-18-35(55)41(62)52-32(25-29-14-5-2-6-15-29)39(60)51-30(43(64)65)16-9-21-48-44(46)47/h1-6,12-15,30-35,56H,7-11,16-27,45H2,(H,49,61)(H,50,57)(H,51,60)(H,52,62)(H,53,59)(H,64,65)(H4,46,47,48)/t30-,31-,32-,33-,34-,35-/m0/s1. The third-order valence-corrected chi connectivity index (χ3v) is 11.2. The van der Waals surface area contributed by atoms with Gasteiger partial charge in [-0.15, -0.1) is 0 Å². The largest absolute Gasteiger partial charge is 0.480 e. The van der Waals surface area contributed by atoms with E-state index in [0.717, 1.165) is 0 Å². The lowest BCUT2D eigenvalue weighted by Crippen LogP contribution is -2.60. The number of aliphatic hydroxyl groups excluding tert-OH is 1. The molecule has 6 atom stereocenters. The van der Waals surface area contributed by atoms with Gasteiger partial charge in [0, 0.05) is 38.9 Å². The van der Waals surface area contributed by atoms with Crippen LogP contribution in [0.3, 0.4) is 0 Å². The van der Waals surface area contributed by atoms with E-state index in [1.54, 1.807) is 60.7 Å². The molecule has 0 radical (unpaired) electrons. The summed E-state index contributed by atoms with van der Waals surface area (Å²) in [6.07, 6.45) is 3.37. The SMILES string of the molecule is NCCCCC(=O)N1CCC[C@H]1C(=O)NCC(=O)N[C@@H](Cc1ccccc1)C(=O)N[C@@H](CO)C(=O)N1CCC[C@H]1C(=O)N[C@@H](Cc1ccccc1)C(=O)N[C@@H](CCCN=C(N)N)C(=O)O. The number of nitrogens with two attached hydrogens (primary N) is 3. The Kier molecular flexibility index (Phi) is 20.6. The Morgan fingerprint density at radius 2 is 1.25 bits per heavy atom. The fraction of sp³-hybridized carbons (Fsp3) is 0.523. The van der Waals surface area contributed by atoms with E-state index < -0.39 is 90.8 Å². The topological polar surface area (TPSA) is 334 Å². The second-order valence-electron chi connectivity index (χ2n) is 16.1. The zero-order valence-corrected chi connectivity index (χ0v) is 36.5. The van der Waals surface area contributed by atoms with E-state index in [2.05, 4.69) is 31.6 Å². The van der Waals surface area contributed by atoms with Crippen LogP contribution in [0.4, 0.5) is 0 Å². The number of carboxylic acid groups (broad SMARTS) is 1. The quantitative estimate of drug-likeness (QED) is 0.0287. The van der Waals surface area contributed by atoms with Gasteiger partial charge in [0.2, 0.25) is 41.4 Å². The van der Waals surface area contributed by atoms with Crippen molar-refractivity contribution < 1.29 is 48.6 Å². The fourth-order valence-electron chi connectivity index (χ4n) is 7.81. The van der Waals surface area contributed by atoms with Crippen molar-refractivity contribution in [1.82, 2.24) is 36.4 Å². The van der Waals surface area contributed by atoms with E-state index in [9.17, 15) is 48.6 Å². The number of carbonyl (C=O) groups is 8. The van der Waals surface area contributed by atoms with Gasteiger partial charge < -0.3 is 63.8 Å². The Hall–Kier alpha value is -6.61. The number of nitrogens with zero attached hydrogens (tertiary/aromatic N) is 3. The van der Waals surface area contributed by atoms with Crippen LogP contribution < -0.4 is 43.8 Å². The average Bonchev–Trinajstić information content (AvgIpc) is 4.00. The number of carboxylic acids is 1. The molecule has 2 saturated heterocycles. The van der Waals surface area contributed by atoms with Crippen LogP contribution in [0.25, 0.3) is 0 Å². The van der Waals surface area contributed by atoms with Gasteiger partial charge in [-0.2, -0.15) is 0 Å². The summed E-state index contributed by atoms with van der Waals surface area (Å²) in [6.45, 7) is -0.276. The van der Waals surface area contributed by atoms with Crippen LogP contribution in [-0.2, 0) is 51.2 Å². The molecule has 0 bridgehead atoms. The summed E-state index contributed by atoms with van der Waals surface area (Å²) in [4.78, 5) is 113. The van der Waals surface area contributed by atoms with Crippen molar-refractivity contribution in [3.05, 3.63) is 71.8 Å². The molecular formula is C44H63N11O10. The smallest absolute Gasteiger partial charge is 0.326 e. The number of nitrogens with one attached hydrogen (secondary N) is 5. The highest BCUT2D eigenvalue weighted by Gasteiger charge is 2.40. The number of rotatable bonds is 25. The summed E-state index contributed by atoms with van der Waals surface area (Å²) in [5.41, 5.74) is 17.6. The minimum atomic E-state index is -1.54. The number of likely N-dealkylation sites (tertiary alicyclic amines) is 2. The Bertz CT molecular complexity index is 1970. The fourth-order valence-corrected chi connectivity index (χ4v) is 7.81. The Labute approximate surface area is 377 Å². The van der Waals surface area contributed by atoms with Gasteiger partial charge in [-0.25, -0.2) is 4.79 Å². The van der Waals surface area contributed by atoms with Gasteiger partial charge in [0.25, 0.3) is 0 Å². The predicted molar refractivity (Wildman–Crippen MR) is 238 cm³/mol. The minimum absolute atomic E-state index is 0.00548. The molecule has 354 valence electrons. The lowest BCUT2D eigenvalue weighted by atomic mass is 10.0. The lowest BCUT2D eigenvalue weighted by molar-refractivity contribution is -0.144. The van der Waals surface area contributed by atoms with E-state index in [4.69, 9.17) is 17.2 Å². The Balaban J connectivity index is 1.42. The molecule has 21 heteroatoms. The number of guanidine groups is 1. The van der Waals surface area contributed by atoms with Crippen LogP contribution in [0.5, 0.6) is 0 Å². The average molecular weight is 906 g/mol. The summed E-state index contributed by atoms with van der Waals surface area (Å²) in [7, 11) is 0. The summed E-state index contributed by atoms with van der Waals surface area (Å²) in [5.74, 6) is -5.93. The zero-order valence-electron chi connectivity index (χ0n) is 36.5. The number of benzene rings is 2. The normalized spacial score (nSPS) is 17.4. The maximum absolute atomic E-state index is 14.0. The van der Waals surface area contributed by atoms with Crippen molar-refractivity contribution in [2.24, 2.45) is 22.2 Å². The number of amides is 7. The predicted octanol–water partition coefficient (Wildman–Crippen LogP) is -2.23. The molecular weight excluding hydrogens is 843 g/mol. The highest BCUT2D eigenvalue weighted by molar-refractivity contribution is 5.97. The molecule has 65 heavy (non-hydrogen) atoms. The third-order valence-electron chi connectivity index (χ3n) is 11.2. The first-order valence-electron chi connectivity index (χ1n) is 22.0. The molecule has 0 aromatic heterocycles. The summed E-state index contributed by atoms with van der Waals surface area (Å²) in [5, 5.41) is 33.2. The van der Waals surface area contributed by atoms with Crippen LogP contribution in [0.2, 0.25) is 0 Å². The summed E-state index contributed by atoms with van der Waals surface area (Å²) in [6, 6.07) is 10.2. The summed E-state index contributed by atoms with van der Waals surface area (Å²) < 4.78 is 0. The minimum Gasteiger partial charge on any atom is -0.480 e. The van der Waals surface area contributed by atoms with Crippen LogP contribution in [0, 0.1) is 0 Å². The number of aliphatic hydroxyl groups is 1. The van der Waals surface area contributed by atoms with Crippen LogP contribution in [-0.4, -0.2) is 149 Å². The second-order valence-corrected chi connectivity index (χ2v) is 16.1. The Morgan fingerprint density at radius 1 is 0.692 bits per heavy atom. The number of aliphatic imine (C=N–C) groups is 1. The maximum Gasteiger partial charge on any atom is 0.326 e. The van der Waals surface area contributed by atoms with Gasteiger partial charge in [-0.1, -0.05) is 60.7 Å². The van der Waals surface area contributed by atoms with Crippen molar-refractivity contribution >= 4 is 53.3 Å². The van der Waals surface area contributed by atoms with Gasteiger partial charge in [0.1, 0.15) is 36.3 Å². The van der Waals surface area contributed by atoms with Gasteiger partial charge in [-0.3, -0.25) is 38.6 Å². The van der Waals surface area contributed by atoms with E-state index in [1.807, 2.05) is 0 Å². The highest BCUT2D eigenvalue weighted by Crippen LogP contribution is 2.21. The molecule has 2 heterocycles. The molecule has 0 saturated carbocycles. The molecule has 2 fully saturated rings. The van der Waals surface area contributed by atoms with Crippen molar-refractivity contribution in [3.8, 4) is 0 Å². The number of hydrogen-bond acceptors (Lipinski definition) is 11. The first-order chi connectivity index (χ1) is 31.2. The van der Waals surface area contributed by atoms with Gasteiger partial charge in [-0.05, 0) is 69.0 Å². The van der Waals surface area contributed by atoms with E-state index in [-0.39, 0.29) is 63.5 Å². The van der Waals surface area contributed by atoms with Gasteiger partial charge in [0.05, 0.1) is 13.2 Å². The lowest BCUT2D eigenvalue weighted by Gasteiger charge is -2.30. The molecule has 0 unspecified atom stereocenters. The summed E-state index contributed by atoms with van der Waals surface area (Å²) >= 11 is 0. The molecule has 2 aliphatic heterocycles. The monoisotopic (exact) mass is 905 g/mol. The second kappa shape index (κ2) is 26.2. The molecule has 7 amide bonds. The highest BCUT2D eigenvalue weighted by atomic mass is 16.4. The van der Waals surface area contributed by atoms with E-state index in [0.29, 0.717) is 56.3 Å². The van der Waals surface area contributed by atoms with Gasteiger partial charge >= 0.3 is 5.97 Å². The number of hydrogen-bond donors (Lipinski definition) is 10. The number of unbranched alkanes of at least 4 members (excludes halogenated alkanes) is 1. The molecule has 4 rings (SSSR count). The van der Waals surface area contributed by atoms with E-state index in [1.165, 1.54) is 9.80 Å². The molecule has 2 aromatic rings. The first-order valence-corrected chi connectivity index (χ1v) is 22.0. The molecule has 0 spiro atoms. The van der Waals surface area contributed by atoms with Crippen molar-refractivity contribution in [2.75, 3.05) is 39.3 Å². The third kappa shape index (κ3) is 16.2. The van der Waals surface area contributed by atoms with Gasteiger partial charge in [0.15, 0.2) is 5.96 Å². The first kappa shape index (κ1) is 51.0. The number of carbonyl (C=O) groups excluding carboxylic acids is 7. The molecule has 2 aromatic carbocycles. The zero-order chi connectivity index (χ0) is 47.3. The molecule has 0 aliphatic carbocycles. The number of aliphatic carboxylic acids is 1. The molecule has 21 nitrogen and oxygen atoms in total. The van der Waals surface area contributed by atoms with Crippen LogP contribution >= 0.6 is 0 Å². The molecule has 13 N–H and O–H groups in total. The molecule has 2 aliphatic rings. The van der Waals surface area contributed by atoms with Crippen molar-refractivity contribution in [1.29, 1.82) is 0 Å². The Morgan fingerprint density at radius 3 is 1.80 bits per heavy atom. The van der Waals surface area contributed by atoms with Crippen molar-refractivity contribution in [2.45, 2.75) is 107 Å². The maximum atomic E-state index is 14.0. The van der Waals surface area contributed by atoms with E-state index >= 15 is 0 Å². The van der Waals surface area contributed by atoms with Crippen LogP contribution in [0.15, 0.2) is 65.7 Å². The van der Waals surface area contributed by atoms with Crippen molar-refractivity contribution in [3.63, 3.8) is 0 Å². The van der Waals surface area contributed by atoms with Crippen LogP contribution in [0.1, 0.15) is 68.9 Å².